The highest BCUT2D eigenvalue weighted by atomic mass is 32.2. The number of para-hydroxylation sites is 1. The summed E-state index contributed by atoms with van der Waals surface area (Å²) in [5.74, 6) is -0.292. The van der Waals surface area contributed by atoms with Crippen molar-refractivity contribution in [1.82, 2.24) is 25.5 Å². The fourth-order valence-corrected chi connectivity index (χ4v) is 4.38. The minimum absolute atomic E-state index is 0.160. The van der Waals surface area contributed by atoms with Crippen molar-refractivity contribution in [3.63, 3.8) is 0 Å². The highest BCUT2D eigenvalue weighted by Gasteiger charge is 2.22. The Morgan fingerprint density at radius 3 is 2.58 bits per heavy atom. The molecule has 0 spiro atoms. The number of benzene rings is 2. The van der Waals surface area contributed by atoms with Gasteiger partial charge in [-0.3, -0.25) is 9.59 Å². The van der Waals surface area contributed by atoms with E-state index >= 15 is 0 Å². The molecule has 1 aromatic heterocycles. The molecule has 160 valence electrons. The van der Waals surface area contributed by atoms with E-state index in [9.17, 15) is 9.59 Å². The molecule has 1 fully saturated rings. The molecule has 0 radical (unpaired) electrons. The molecular weight excluding hydrogens is 412 g/mol. The third-order valence-corrected chi connectivity index (χ3v) is 6.14. The SMILES string of the molecule is O=C(CSc1nnnn1C1CCCC1)Nc1ccccc1C(=O)NCc1ccccc1. The standard InChI is InChI=1S/C22H24N6O2S/c29-20(15-31-22-25-26-27-28(22)17-10-4-5-11-17)24-19-13-7-6-12-18(19)21(30)23-14-16-8-2-1-3-9-16/h1-3,6-9,12-13,17H,4-5,10-11,14-15H2,(H,23,30)(H,24,29). The van der Waals surface area contributed by atoms with E-state index in [0.717, 1.165) is 18.4 Å². The number of rotatable bonds is 8. The van der Waals surface area contributed by atoms with Gasteiger partial charge in [0.1, 0.15) is 0 Å². The molecule has 0 unspecified atom stereocenters. The number of hydrogen-bond donors (Lipinski definition) is 2. The maximum atomic E-state index is 12.7. The van der Waals surface area contributed by atoms with Gasteiger partial charge in [-0.2, -0.15) is 0 Å². The van der Waals surface area contributed by atoms with Crippen molar-refractivity contribution in [2.24, 2.45) is 0 Å². The van der Waals surface area contributed by atoms with Crippen molar-refractivity contribution in [2.45, 2.75) is 43.4 Å². The molecule has 0 bridgehead atoms. The minimum atomic E-state index is -0.238. The molecule has 8 nitrogen and oxygen atoms in total. The van der Waals surface area contributed by atoms with Gasteiger partial charge in [-0.15, -0.1) is 5.10 Å². The summed E-state index contributed by atoms with van der Waals surface area (Å²) in [6.45, 7) is 0.418. The van der Waals surface area contributed by atoms with Gasteiger partial charge in [0.15, 0.2) is 0 Å². The Morgan fingerprint density at radius 1 is 1.03 bits per heavy atom. The third kappa shape index (κ3) is 5.49. The highest BCUT2D eigenvalue weighted by Crippen LogP contribution is 2.31. The van der Waals surface area contributed by atoms with Gasteiger partial charge in [0, 0.05) is 6.54 Å². The highest BCUT2D eigenvalue weighted by molar-refractivity contribution is 7.99. The summed E-state index contributed by atoms with van der Waals surface area (Å²) in [7, 11) is 0. The molecule has 1 aliphatic rings. The number of amides is 2. The minimum Gasteiger partial charge on any atom is -0.348 e. The van der Waals surface area contributed by atoms with Gasteiger partial charge < -0.3 is 10.6 Å². The Balaban J connectivity index is 1.34. The second-order valence-electron chi connectivity index (χ2n) is 7.40. The third-order valence-electron chi connectivity index (χ3n) is 5.21. The molecular formula is C22H24N6O2S. The van der Waals surface area contributed by atoms with Crippen molar-refractivity contribution >= 4 is 29.3 Å². The van der Waals surface area contributed by atoms with E-state index in [-0.39, 0.29) is 17.6 Å². The lowest BCUT2D eigenvalue weighted by Crippen LogP contribution is -2.25. The van der Waals surface area contributed by atoms with Crippen LogP contribution in [-0.2, 0) is 11.3 Å². The zero-order chi connectivity index (χ0) is 21.5. The van der Waals surface area contributed by atoms with E-state index in [0.29, 0.717) is 29.0 Å². The van der Waals surface area contributed by atoms with E-state index in [1.54, 1.807) is 24.3 Å². The van der Waals surface area contributed by atoms with Crippen molar-refractivity contribution in [1.29, 1.82) is 0 Å². The molecule has 0 saturated heterocycles. The fourth-order valence-electron chi connectivity index (χ4n) is 3.64. The molecule has 4 rings (SSSR count). The van der Waals surface area contributed by atoms with Crippen LogP contribution in [0.15, 0.2) is 59.8 Å². The van der Waals surface area contributed by atoms with Crippen molar-refractivity contribution < 1.29 is 9.59 Å². The first-order valence-corrected chi connectivity index (χ1v) is 11.3. The van der Waals surface area contributed by atoms with E-state index in [1.165, 1.54) is 24.6 Å². The summed E-state index contributed by atoms with van der Waals surface area (Å²) < 4.78 is 1.83. The van der Waals surface area contributed by atoms with Crippen LogP contribution < -0.4 is 10.6 Å². The number of tetrazole rings is 1. The maximum Gasteiger partial charge on any atom is 0.253 e. The monoisotopic (exact) mass is 436 g/mol. The Kier molecular flexibility index (Phi) is 6.93. The van der Waals surface area contributed by atoms with Gasteiger partial charge in [-0.1, -0.05) is 67.1 Å². The zero-order valence-electron chi connectivity index (χ0n) is 17.0. The molecule has 9 heteroatoms. The second-order valence-corrected chi connectivity index (χ2v) is 8.34. The Hall–Kier alpha value is -3.20. The van der Waals surface area contributed by atoms with Crippen LogP contribution in [0, 0.1) is 0 Å². The van der Waals surface area contributed by atoms with Crippen LogP contribution in [0.4, 0.5) is 5.69 Å². The van der Waals surface area contributed by atoms with Gasteiger partial charge in [0.05, 0.1) is 23.0 Å². The van der Waals surface area contributed by atoms with Crippen LogP contribution >= 0.6 is 11.8 Å². The lowest BCUT2D eigenvalue weighted by molar-refractivity contribution is -0.113. The van der Waals surface area contributed by atoms with Crippen LogP contribution in [0.3, 0.4) is 0 Å². The first-order chi connectivity index (χ1) is 15.2. The van der Waals surface area contributed by atoms with Gasteiger partial charge in [0.25, 0.3) is 5.91 Å². The normalized spacial score (nSPS) is 13.8. The van der Waals surface area contributed by atoms with Gasteiger partial charge >= 0.3 is 0 Å². The van der Waals surface area contributed by atoms with E-state index < -0.39 is 0 Å². The molecule has 0 atom stereocenters. The average molecular weight is 437 g/mol. The molecule has 3 aromatic rings. The van der Waals surface area contributed by atoms with Crippen LogP contribution in [0.25, 0.3) is 0 Å². The van der Waals surface area contributed by atoms with Crippen LogP contribution in [0.2, 0.25) is 0 Å². The summed E-state index contributed by atoms with van der Waals surface area (Å²) in [6.07, 6.45) is 4.49. The van der Waals surface area contributed by atoms with E-state index in [2.05, 4.69) is 26.2 Å². The lowest BCUT2D eigenvalue weighted by Gasteiger charge is -2.12. The summed E-state index contributed by atoms with van der Waals surface area (Å²) in [5.41, 5.74) is 1.91. The summed E-state index contributed by atoms with van der Waals surface area (Å²) in [6, 6.07) is 17.0. The number of nitrogens with zero attached hydrogens (tertiary/aromatic N) is 4. The van der Waals surface area contributed by atoms with Crippen molar-refractivity contribution in [2.75, 3.05) is 11.1 Å². The number of nitrogens with one attached hydrogen (secondary N) is 2. The number of anilines is 1. The molecule has 1 aliphatic carbocycles. The van der Waals surface area contributed by atoms with Crippen LogP contribution in [-0.4, -0.2) is 37.8 Å². The molecule has 2 aromatic carbocycles. The Labute approximate surface area is 184 Å². The molecule has 0 aliphatic heterocycles. The van der Waals surface area contributed by atoms with Gasteiger partial charge in [-0.05, 0) is 41.0 Å². The van der Waals surface area contributed by atoms with Crippen molar-refractivity contribution in [3.8, 4) is 0 Å². The smallest absolute Gasteiger partial charge is 0.253 e. The predicted octanol–water partition coefficient (Wildman–Crippen LogP) is 3.45. The zero-order valence-corrected chi connectivity index (χ0v) is 17.8. The fraction of sp³-hybridized carbons (Fsp3) is 0.318. The van der Waals surface area contributed by atoms with Gasteiger partial charge in [-0.25, -0.2) is 4.68 Å². The number of carbonyl (C=O) groups is 2. The Bertz CT molecular complexity index is 1030. The average Bonchev–Trinajstić information content (AvgIpc) is 3.49. The van der Waals surface area contributed by atoms with Crippen LogP contribution in [0.5, 0.6) is 0 Å². The largest absolute Gasteiger partial charge is 0.348 e. The molecule has 1 saturated carbocycles. The first kappa shape index (κ1) is 21.0. The number of carbonyl (C=O) groups excluding carboxylic acids is 2. The van der Waals surface area contributed by atoms with Gasteiger partial charge in [0.2, 0.25) is 11.1 Å². The lowest BCUT2D eigenvalue weighted by atomic mass is 10.1. The second kappa shape index (κ2) is 10.2. The summed E-state index contributed by atoms with van der Waals surface area (Å²) in [4.78, 5) is 25.2. The van der Waals surface area contributed by atoms with Crippen molar-refractivity contribution in [3.05, 3.63) is 65.7 Å². The summed E-state index contributed by atoms with van der Waals surface area (Å²) >= 11 is 1.30. The first-order valence-electron chi connectivity index (χ1n) is 10.3. The summed E-state index contributed by atoms with van der Waals surface area (Å²) in [5, 5.41) is 18.3. The number of hydrogen-bond acceptors (Lipinski definition) is 6. The molecule has 1 heterocycles. The number of aromatic nitrogens is 4. The number of thioether (sulfide) groups is 1. The molecule has 31 heavy (non-hydrogen) atoms. The molecule has 2 N–H and O–H groups in total. The molecule has 2 amide bonds. The van der Waals surface area contributed by atoms with Crippen LogP contribution in [0.1, 0.15) is 47.6 Å². The van der Waals surface area contributed by atoms with E-state index in [1.807, 2.05) is 35.0 Å². The maximum absolute atomic E-state index is 12.7. The quantitative estimate of drug-likeness (QED) is 0.525. The Morgan fingerprint density at radius 2 is 1.77 bits per heavy atom. The van der Waals surface area contributed by atoms with E-state index in [4.69, 9.17) is 0 Å². The topological polar surface area (TPSA) is 102 Å². The predicted molar refractivity (Wildman–Crippen MR) is 119 cm³/mol.